The van der Waals surface area contributed by atoms with E-state index in [4.69, 9.17) is 11.6 Å². The first-order valence-corrected chi connectivity index (χ1v) is 7.25. The molecule has 0 saturated heterocycles. The number of rotatable bonds is 3. The highest BCUT2D eigenvalue weighted by atomic mass is 35.5. The highest BCUT2D eigenvalue weighted by Gasteiger charge is 2.07. The van der Waals surface area contributed by atoms with Gasteiger partial charge in [0, 0.05) is 17.1 Å². The van der Waals surface area contributed by atoms with Crippen LogP contribution >= 0.6 is 11.6 Å². The van der Waals surface area contributed by atoms with Crippen molar-refractivity contribution in [2.45, 2.75) is 5.88 Å². The third-order valence-corrected chi connectivity index (χ3v) is 3.66. The van der Waals surface area contributed by atoms with Crippen LogP contribution in [-0.2, 0) is 5.88 Å². The number of hydrogen-bond acceptors (Lipinski definition) is 1. The summed E-state index contributed by atoms with van der Waals surface area (Å²) in [7, 11) is 0. The summed E-state index contributed by atoms with van der Waals surface area (Å²) in [5, 5.41) is 5.17. The number of carbonyl (C=O) groups excluding carboxylic acids is 1. The molecule has 0 saturated carbocycles. The topological polar surface area (TPSA) is 29.1 Å². The lowest BCUT2D eigenvalue weighted by molar-refractivity contribution is 0.102. The Bertz CT molecular complexity index is 798. The molecule has 0 aromatic heterocycles. The molecule has 0 spiro atoms. The van der Waals surface area contributed by atoms with Crippen LogP contribution in [0.4, 0.5) is 5.69 Å². The number of anilines is 1. The van der Waals surface area contributed by atoms with E-state index in [2.05, 4.69) is 5.32 Å². The van der Waals surface area contributed by atoms with Crippen LogP contribution in [0.15, 0.2) is 66.7 Å². The van der Waals surface area contributed by atoms with Gasteiger partial charge in [-0.15, -0.1) is 11.6 Å². The molecule has 2 nitrogen and oxygen atoms in total. The van der Waals surface area contributed by atoms with Crippen molar-refractivity contribution in [1.82, 2.24) is 0 Å². The minimum absolute atomic E-state index is 0.128. The van der Waals surface area contributed by atoms with Gasteiger partial charge >= 0.3 is 0 Å². The second-order valence-electron chi connectivity index (χ2n) is 4.85. The number of carbonyl (C=O) groups is 1. The Kier molecular flexibility index (Phi) is 3.89. The predicted molar refractivity (Wildman–Crippen MR) is 87.9 cm³/mol. The van der Waals surface area contributed by atoms with Crippen molar-refractivity contribution in [3.05, 3.63) is 77.9 Å². The average Bonchev–Trinajstić information content (AvgIpc) is 2.54. The molecule has 0 heterocycles. The molecule has 0 aliphatic carbocycles. The Hall–Kier alpha value is -2.32. The zero-order valence-corrected chi connectivity index (χ0v) is 12.1. The van der Waals surface area contributed by atoms with Crippen LogP contribution in [0, 0.1) is 0 Å². The first-order valence-electron chi connectivity index (χ1n) is 6.71. The maximum atomic E-state index is 12.3. The van der Waals surface area contributed by atoms with E-state index in [-0.39, 0.29) is 5.91 Å². The third-order valence-electron chi connectivity index (χ3n) is 3.35. The van der Waals surface area contributed by atoms with Gasteiger partial charge in [0.05, 0.1) is 0 Å². The number of alkyl halides is 1. The van der Waals surface area contributed by atoms with Crippen LogP contribution in [0.5, 0.6) is 0 Å². The second kappa shape index (κ2) is 5.98. The Balaban J connectivity index is 1.85. The fourth-order valence-electron chi connectivity index (χ4n) is 2.27. The van der Waals surface area contributed by atoms with Crippen molar-refractivity contribution in [2.24, 2.45) is 0 Å². The zero-order chi connectivity index (χ0) is 14.7. The number of hydrogen-bond donors (Lipinski definition) is 1. The molecule has 0 bridgehead atoms. The lowest BCUT2D eigenvalue weighted by atomic mass is 10.1. The zero-order valence-electron chi connectivity index (χ0n) is 11.3. The Morgan fingerprint density at radius 3 is 2.52 bits per heavy atom. The van der Waals surface area contributed by atoms with E-state index < -0.39 is 0 Å². The Morgan fingerprint density at radius 2 is 1.71 bits per heavy atom. The molecule has 3 rings (SSSR count). The van der Waals surface area contributed by atoms with Gasteiger partial charge in [-0.2, -0.15) is 0 Å². The number of amides is 1. The predicted octanol–water partition coefficient (Wildman–Crippen LogP) is 4.83. The van der Waals surface area contributed by atoms with Crippen molar-refractivity contribution < 1.29 is 4.79 Å². The van der Waals surface area contributed by atoms with Crippen LogP contribution in [0.3, 0.4) is 0 Å². The van der Waals surface area contributed by atoms with Gasteiger partial charge < -0.3 is 5.32 Å². The molecule has 1 N–H and O–H groups in total. The van der Waals surface area contributed by atoms with Gasteiger partial charge in [0.2, 0.25) is 0 Å². The van der Waals surface area contributed by atoms with Crippen LogP contribution in [0.25, 0.3) is 10.8 Å². The van der Waals surface area contributed by atoms with Gasteiger partial charge in [-0.05, 0) is 40.6 Å². The second-order valence-corrected chi connectivity index (χ2v) is 5.12. The summed E-state index contributed by atoms with van der Waals surface area (Å²) < 4.78 is 0. The lowest BCUT2D eigenvalue weighted by Crippen LogP contribution is -2.11. The Morgan fingerprint density at radius 1 is 0.905 bits per heavy atom. The Labute approximate surface area is 128 Å². The van der Waals surface area contributed by atoms with Gasteiger partial charge in [-0.25, -0.2) is 0 Å². The van der Waals surface area contributed by atoms with Gasteiger partial charge in [-0.1, -0.05) is 42.5 Å². The smallest absolute Gasteiger partial charge is 0.255 e. The maximum Gasteiger partial charge on any atom is 0.255 e. The first kappa shape index (κ1) is 13.7. The SMILES string of the molecule is O=C(Nc1ccc2ccccc2c1)c1cccc(CCl)c1. The number of benzene rings is 3. The molecule has 3 aromatic carbocycles. The summed E-state index contributed by atoms with van der Waals surface area (Å²) in [6.07, 6.45) is 0. The van der Waals surface area contributed by atoms with E-state index in [1.54, 1.807) is 6.07 Å². The average molecular weight is 296 g/mol. The molecular formula is C18H14ClNO. The number of halogens is 1. The molecule has 0 aliphatic rings. The van der Waals surface area contributed by atoms with Gasteiger partial charge in [0.25, 0.3) is 5.91 Å². The van der Waals surface area contributed by atoms with E-state index in [0.717, 1.165) is 22.0 Å². The molecule has 21 heavy (non-hydrogen) atoms. The summed E-state index contributed by atoms with van der Waals surface area (Å²) >= 11 is 5.80. The molecule has 104 valence electrons. The van der Waals surface area contributed by atoms with Gasteiger partial charge in [0.15, 0.2) is 0 Å². The normalized spacial score (nSPS) is 10.5. The standard InChI is InChI=1S/C18H14ClNO/c19-12-13-4-3-7-16(10-13)18(21)20-17-9-8-14-5-1-2-6-15(14)11-17/h1-11H,12H2,(H,20,21). The summed E-state index contributed by atoms with van der Waals surface area (Å²) in [6.45, 7) is 0. The van der Waals surface area contributed by atoms with Crippen LogP contribution in [0.1, 0.15) is 15.9 Å². The molecule has 0 radical (unpaired) electrons. The van der Waals surface area contributed by atoms with E-state index in [0.29, 0.717) is 11.4 Å². The van der Waals surface area contributed by atoms with Crippen LogP contribution in [-0.4, -0.2) is 5.91 Å². The summed E-state index contributed by atoms with van der Waals surface area (Å²) in [4.78, 5) is 12.3. The van der Waals surface area contributed by atoms with E-state index in [1.807, 2.05) is 60.7 Å². The van der Waals surface area contributed by atoms with Crippen molar-refractivity contribution in [1.29, 1.82) is 0 Å². The van der Waals surface area contributed by atoms with Crippen LogP contribution < -0.4 is 5.32 Å². The van der Waals surface area contributed by atoms with E-state index in [1.165, 1.54) is 0 Å². The molecule has 0 unspecified atom stereocenters. The minimum Gasteiger partial charge on any atom is -0.322 e. The quantitative estimate of drug-likeness (QED) is 0.689. The lowest BCUT2D eigenvalue weighted by Gasteiger charge is -2.07. The van der Waals surface area contributed by atoms with Crippen molar-refractivity contribution >= 4 is 34.0 Å². The van der Waals surface area contributed by atoms with Crippen LogP contribution in [0.2, 0.25) is 0 Å². The van der Waals surface area contributed by atoms with E-state index in [9.17, 15) is 4.79 Å². The fraction of sp³-hybridized carbons (Fsp3) is 0.0556. The molecule has 3 heteroatoms. The van der Waals surface area contributed by atoms with Crippen molar-refractivity contribution in [3.8, 4) is 0 Å². The van der Waals surface area contributed by atoms with E-state index >= 15 is 0 Å². The van der Waals surface area contributed by atoms with Gasteiger partial charge in [-0.3, -0.25) is 4.79 Å². The van der Waals surface area contributed by atoms with Gasteiger partial charge in [0.1, 0.15) is 0 Å². The number of nitrogens with one attached hydrogen (secondary N) is 1. The molecule has 0 fully saturated rings. The monoisotopic (exact) mass is 295 g/mol. The molecule has 1 amide bonds. The molecule has 0 aliphatic heterocycles. The summed E-state index contributed by atoms with van der Waals surface area (Å²) in [5.41, 5.74) is 2.33. The molecular weight excluding hydrogens is 282 g/mol. The molecule has 3 aromatic rings. The maximum absolute atomic E-state index is 12.3. The highest BCUT2D eigenvalue weighted by Crippen LogP contribution is 2.19. The van der Waals surface area contributed by atoms with Crippen molar-refractivity contribution in [2.75, 3.05) is 5.32 Å². The summed E-state index contributed by atoms with van der Waals surface area (Å²) in [5.74, 6) is 0.272. The number of fused-ring (bicyclic) bond motifs is 1. The summed E-state index contributed by atoms with van der Waals surface area (Å²) in [6, 6.07) is 21.3. The first-order chi connectivity index (χ1) is 10.3. The largest absolute Gasteiger partial charge is 0.322 e. The third kappa shape index (κ3) is 3.06. The van der Waals surface area contributed by atoms with Crippen molar-refractivity contribution in [3.63, 3.8) is 0 Å². The molecule has 0 atom stereocenters. The minimum atomic E-state index is -0.128. The highest BCUT2D eigenvalue weighted by molar-refractivity contribution is 6.17. The fourth-order valence-corrected chi connectivity index (χ4v) is 2.43.